The fourth-order valence-electron chi connectivity index (χ4n) is 1.19. The fraction of sp³-hybridized carbons (Fsp3) is 0.308. The summed E-state index contributed by atoms with van der Waals surface area (Å²) in [4.78, 5) is 15.3. The quantitative estimate of drug-likeness (QED) is 0.797. The number of carbonyl (C=O) groups excluding carboxylic acids is 1. The van der Waals surface area contributed by atoms with Crippen molar-refractivity contribution in [1.82, 2.24) is 9.88 Å². The minimum atomic E-state index is 0.555. The SMILES string of the molecule is CN(C)C=O.N#CCCc1nc2ccccc2s1. The van der Waals surface area contributed by atoms with Crippen LogP contribution in [-0.4, -0.2) is 30.4 Å². The Balaban J connectivity index is 0.000000280. The Morgan fingerprint density at radius 3 is 2.67 bits per heavy atom. The number of aryl methyl sites for hydroxylation is 1. The molecule has 0 saturated heterocycles. The molecule has 0 saturated carbocycles. The molecule has 1 aromatic heterocycles. The number of nitrogens with zero attached hydrogens (tertiary/aromatic N) is 3. The van der Waals surface area contributed by atoms with Crippen LogP contribution >= 0.6 is 11.3 Å². The van der Waals surface area contributed by atoms with Gasteiger partial charge in [-0.25, -0.2) is 4.98 Å². The van der Waals surface area contributed by atoms with E-state index in [1.54, 1.807) is 25.4 Å². The van der Waals surface area contributed by atoms with Crippen LogP contribution in [0.25, 0.3) is 10.2 Å². The minimum Gasteiger partial charge on any atom is -0.351 e. The molecule has 0 aliphatic carbocycles. The van der Waals surface area contributed by atoms with Gasteiger partial charge in [0, 0.05) is 26.9 Å². The van der Waals surface area contributed by atoms with Crippen LogP contribution < -0.4 is 0 Å². The van der Waals surface area contributed by atoms with E-state index in [9.17, 15) is 4.79 Å². The number of benzene rings is 1. The predicted octanol–water partition coefficient (Wildman–Crippen LogP) is 2.46. The van der Waals surface area contributed by atoms with Crippen LogP contribution in [0.1, 0.15) is 11.4 Å². The van der Waals surface area contributed by atoms with Crippen molar-refractivity contribution in [2.24, 2.45) is 0 Å². The summed E-state index contributed by atoms with van der Waals surface area (Å²) in [5.41, 5.74) is 1.04. The smallest absolute Gasteiger partial charge is 0.209 e. The molecule has 0 unspecified atom stereocenters. The van der Waals surface area contributed by atoms with E-state index < -0.39 is 0 Å². The van der Waals surface area contributed by atoms with Gasteiger partial charge in [-0.3, -0.25) is 4.79 Å². The summed E-state index contributed by atoms with van der Waals surface area (Å²) in [6, 6.07) is 10.2. The van der Waals surface area contributed by atoms with Gasteiger partial charge in [0.25, 0.3) is 0 Å². The first-order chi connectivity index (χ1) is 8.67. The van der Waals surface area contributed by atoms with Crippen molar-refractivity contribution < 1.29 is 4.79 Å². The fourth-order valence-corrected chi connectivity index (χ4v) is 2.16. The lowest BCUT2D eigenvalue weighted by Crippen LogP contribution is -2.06. The molecule has 0 fully saturated rings. The van der Waals surface area contributed by atoms with Gasteiger partial charge >= 0.3 is 0 Å². The van der Waals surface area contributed by atoms with Gasteiger partial charge in [-0.05, 0) is 12.1 Å². The standard InChI is InChI=1S/C10H8N2S.C3H7NO/c11-7-3-6-10-12-8-4-1-2-5-9(8)13-10;1-4(2)3-5/h1-2,4-5H,3,6H2;3H,1-2H3. The molecule has 0 atom stereocenters. The molecule has 0 spiro atoms. The molecule has 5 heteroatoms. The van der Waals surface area contributed by atoms with Crippen molar-refractivity contribution in [2.75, 3.05) is 14.1 Å². The van der Waals surface area contributed by atoms with Gasteiger partial charge in [0.1, 0.15) is 0 Å². The van der Waals surface area contributed by atoms with E-state index >= 15 is 0 Å². The highest BCUT2D eigenvalue weighted by Crippen LogP contribution is 2.22. The number of aromatic nitrogens is 1. The average Bonchev–Trinajstić information content (AvgIpc) is 2.79. The van der Waals surface area contributed by atoms with Gasteiger partial charge in [0.15, 0.2) is 0 Å². The van der Waals surface area contributed by atoms with Crippen molar-refractivity contribution in [3.05, 3.63) is 29.3 Å². The van der Waals surface area contributed by atoms with Gasteiger partial charge in [0.2, 0.25) is 6.41 Å². The first-order valence-electron chi connectivity index (χ1n) is 5.50. The van der Waals surface area contributed by atoms with Crippen LogP contribution in [0, 0.1) is 11.3 Å². The highest BCUT2D eigenvalue weighted by Gasteiger charge is 2.01. The summed E-state index contributed by atoms with van der Waals surface area (Å²) >= 11 is 1.67. The van der Waals surface area contributed by atoms with Gasteiger partial charge in [-0.2, -0.15) is 5.26 Å². The van der Waals surface area contributed by atoms with E-state index in [0.717, 1.165) is 23.4 Å². The Morgan fingerprint density at radius 2 is 2.11 bits per heavy atom. The predicted molar refractivity (Wildman–Crippen MR) is 73.3 cm³/mol. The summed E-state index contributed by atoms with van der Waals surface area (Å²) in [6.07, 6.45) is 2.08. The number of amides is 1. The maximum Gasteiger partial charge on any atom is 0.209 e. The van der Waals surface area contributed by atoms with Gasteiger partial charge in [-0.15, -0.1) is 11.3 Å². The summed E-state index contributed by atoms with van der Waals surface area (Å²) in [5.74, 6) is 0. The van der Waals surface area contributed by atoms with Crippen molar-refractivity contribution >= 4 is 28.0 Å². The molecule has 1 aromatic carbocycles. The molecule has 0 aliphatic heterocycles. The van der Waals surface area contributed by atoms with E-state index in [0.29, 0.717) is 6.42 Å². The lowest BCUT2D eigenvalue weighted by atomic mass is 10.3. The molecule has 2 rings (SSSR count). The third-order valence-corrected chi connectivity index (χ3v) is 3.10. The van der Waals surface area contributed by atoms with Crippen LogP contribution in [0.2, 0.25) is 0 Å². The maximum atomic E-state index is 9.43. The van der Waals surface area contributed by atoms with Crippen LogP contribution in [0.3, 0.4) is 0 Å². The number of hydrogen-bond donors (Lipinski definition) is 0. The molecular weight excluding hydrogens is 246 g/mol. The van der Waals surface area contributed by atoms with Crippen molar-refractivity contribution in [3.8, 4) is 6.07 Å². The highest BCUT2D eigenvalue weighted by molar-refractivity contribution is 7.18. The van der Waals surface area contributed by atoms with Crippen molar-refractivity contribution in [2.45, 2.75) is 12.8 Å². The molecule has 0 aliphatic rings. The molecule has 4 nitrogen and oxygen atoms in total. The Hall–Kier alpha value is -1.93. The van der Waals surface area contributed by atoms with Gasteiger partial charge in [-0.1, -0.05) is 12.1 Å². The Kier molecular flexibility index (Phi) is 5.81. The first kappa shape index (κ1) is 14.1. The third-order valence-electron chi connectivity index (χ3n) is 2.00. The van der Waals surface area contributed by atoms with Crippen LogP contribution in [0.15, 0.2) is 24.3 Å². The zero-order valence-electron chi connectivity index (χ0n) is 10.5. The molecule has 94 valence electrons. The lowest BCUT2D eigenvalue weighted by Gasteiger charge is -1.93. The van der Waals surface area contributed by atoms with E-state index in [1.807, 2.05) is 18.2 Å². The monoisotopic (exact) mass is 261 g/mol. The zero-order valence-corrected chi connectivity index (χ0v) is 11.3. The second-order valence-corrected chi connectivity index (χ2v) is 4.92. The zero-order chi connectivity index (χ0) is 13.4. The van der Waals surface area contributed by atoms with E-state index in [-0.39, 0.29) is 0 Å². The number of nitriles is 1. The normalized spacial score (nSPS) is 9.17. The topological polar surface area (TPSA) is 57.0 Å². The lowest BCUT2D eigenvalue weighted by molar-refractivity contribution is -0.115. The highest BCUT2D eigenvalue weighted by atomic mass is 32.1. The van der Waals surface area contributed by atoms with Gasteiger partial charge < -0.3 is 4.90 Å². The van der Waals surface area contributed by atoms with E-state index in [4.69, 9.17) is 5.26 Å². The molecule has 0 N–H and O–H groups in total. The summed E-state index contributed by atoms with van der Waals surface area (Å²) in [7, 11) is 3.38. The number of hydrogen-bond acceptors (Lipinski definition) is 4. The largest absolute Gasteiger partial charge is 0.351 e. The summed E-state index contributed by atoms with van der Waals surface area (Å²) in [6.45, 7) is 0. The number of carbonyl (C=O) groups is 1. The minimum absolute atomic E-state index is 0.555. The van der Waals surface area contributed by atoms with Crippen LogP contribution in [-0.2, 0) is 11.2 Å². The maximum absolute atomic E-state index is 9.43. The van der Waals surface area contributed by atoms with Crippen molar-refractivity contribution in [1.29, 1.82) is 5.26 Å². The number of rotatable bonds is 3. The molecule has 0 bridgehead atoms. The van der Waals surface area contributed by atoms with E-state index in [2.05, 4.69) is 17.1 Å². The molecular formula is C13H15N3OS. The number of fused-ring (bicyclic) bond motifs is 1. The van der Waals surface area contributed by atoms with Gasteiger partial charge in [0.05, 0.1) is 21.3 Å². The molecule has 0 radical (unpaired) electrons. The Bertz CT molecular complexity index is 509. The summed E-state index contributed by atoms with van der Waals surface area (Å²) < 4.78 is 1.20. The molecule has 1 heterocycles. The Labute approximate surface area is 110 Å². The number of para-hydroxylation sites is 1. The third kappa shape index (κ3) is 4.52. The van der Waals surface area contributed by atoms with Crippen LogP contribution in [0.5, 0.6) is 0 Å². The number of thiazole rings is 1. The second kappa shape index (κ2) is 7.41. The van der Waals surface area contributed by atoms with Crippen LogP contribution in [0.4, 0.5) is 0 Å². The molecule has 1 amide bonds. The summed E-state index contributed by atoms with van der Waals surface area (Å²) in [5, 5.41) is 9.49. The molecule has 18 heavy (non-hydrogen) atoms. The second-order valence-electron chi connectivity index (χ2n) is 3.80. The van der Waals surface area contributed by atoms with Crippen molar-refractivity contribution in [3.63, 3.8) is 0 Å². The first-order valence-corrected chi connectivity index (χ1v) is 6.32. The molecule has 2 aromatic rings. The van der Waals surface area contributed by atoms with E-state index in [1.165, 1.54) is 9.60 Å². The average molecular weight is 261 g/mol. The Morgan fingerprint density at radius 1 is 1.44 bits per heavy atom.